The van der Waals surface area contributed by atoms with Crippen molar-refractivity contribution in [1.29, 1.82) is 0 Å². The standard InChI is InChI=1S/C30H22ClN3O6/c31-25-14-8-7-13-24(25)28(36)32-19-27(35)34-33-18-22-15-16-23(39-29(37)20-9-3-1-4-10-20)17-26(22)40-30(38)21-11-5-2-6-12-21/h1-18H,19H2,(H,32,36)(H,34,35)/b33-18-. The molecule has 2 amide bonds. The maximum Gasteiger partial charge on any atom is 0.343 e. The minimum atomic E-state index is -0.645. The second-order valence-corrected chi connectivity index (χ2v) is 8.57. The molecule has 0 saturated heterocycles. The van der Waals surface area contributed by atoms with E-state index in [2.05, 4.69) is 15.8 Å². The second kappa shape index (κ2) is 13.5. The maximum atomic E-state index is 12.7. The number of ether oxygens (including phenoxy) is 2. The number of nitrogens with zero attached hydrogens (tertiary/aromatic N) is 1. The lowest BCUT2D eigenvalue weighted by atomic mass is 10.2. The number of esters is 2. The molecule has 0 heterocycles. The Balaban J connectivity index is 1.45. The number of hydrogen-bond donors (Lipinski definition) is 2. The van der Waals surface area contributed by atoms with Crippen molar-refractivity contribution in [2.24, 2.45) is 5.10 Å². The molecule has 0 aromatic heterocycles. The summed E-state index contributed by atoms with van der Waals surface area (Å²) in [5.41, 5.74) is 3.49. The van der Waals surface area contributed by atoms with Gasteiger partial charge in [-0.25, -0.2) is 15.0 Å². The van der Waals surface area contributed by atoms with E-state index in [-0.39, 0.29) is 28.6 Å². The fraction of sp³-hybridized carbons (Fsp3) is 0.0333. The molecule has 0 fully saturated rings. The van der Waals surface area contributed by atoms with Crippen LogP contribution in [0.3, 0.4) is 0 Å². The number of hydrazone groups is 1. The zero-order valence-electron chi connectivity index (χ0n) is 20.9. The lowest BCUT2D eigenvalue weighted by Gasteiger charge is -2.11. The molecule has 2 N–H and O–H groups in total. The van der Waals surface area contributed by atoms with Crippen LogP contribution in [-0.4, -0.2) is 36.5 Å². The number of rotatable bonds is 9. The molecule has 10 heteroatoms. The third-order valence-corrected chi connectivity index (χ3v) is 5.67. The van der Waals surface area contributed by atoms with E-state index in [0.717, 1.165) is 0 Å². The first-order valence-corrected chi connectivity index (χ1v) is 12.3. The van der Waals surface area contributed by atoms with Crippen LogP contribution in [0.2, 0.25) is 5.02 Å². The molecule has 0 aliphatic heterocycles. The molecule has 0 bridgehead atoms. The lowest BCUT2D eigenvalue weighted by molar-refractivity contribution is -0.120. The molecule has 0 saturated carbocycles. The summed E-state index contributed by atoms with van der Waals surface area (Å²) in [6.07, 6.45) is 1.25. The van der Waals surface area contributed by atoms with E-state index in [9.17, 15) is 19.2 Å². The van der Waals surface area contributed by atoms with Crippen LogP contribution in [0.25, 0.3) is 0 Å². The largest absolute Gasteiger partial charge is 0.423 e. The van der Waals surface area contributed by atoms with Gasteiger partial charge in [0.25, 0.3) is 11.8 Å². The summed E-state index contributed by atoms with van der Waals surface area (Å²) in [6.45, 7) is -0.356. The monoisotopic (exact) mass is 555 g/mol. The minimum absolute atomic E-state index is 0.0391. The molecule has 0 aliphatic carbocycles. The molecular formula is C30H22ClN3O6. The van der Waals surface area contributed by atoms with E-state index in [1.54, 1.807) is 78.9 Å². The van der Waals surface area contributed by atoms with Crippen molar-refractivity contribution in [3.05, 3.63) is 130 Å². The highest BCUT2D eigenvalue weighted by molar-refractivity contribution is 6.33. The van der Waals surface area contributed by atoms with E-state index in [0.29, 0.717) is 16.7 Å². The molecule has 4 aromatic rings. The normalized spacial score (nSPS) is 10.5. The predicted molar refractivity (Wildman–Crippen MR) is 149 cm³/mol. The first-order chi connectivity index (χ1) is 19.4. The Morgan fingerprint density at radius 1 is 0.750 bits per heavy atom. The highest BCUT2D eigenvalue weighted by Crippen LogP contribution is 2.26. The fourth-order valence-corrected chi connectivity index (χ4v) is 3.58. The van der Waals surface area contributed by atoms with Crippen LogP contribution in [0.1, 0.15) is 36.6 Å². The average Bonchev–Trinajstić information content (AvgIpc) is 2.98. The van der Waals surface area contributed by atoms with E-state index in [1.807, 2.05) is 0 Å². The Morgan fingerprint density at radius 2 is 1.35 bits per heavy atom. The molecular weight excluding hydrogens is 534 g/mol. The number of hydrogen-bond acceptors (Lipinski definition) is 7. The van der Waals surface area contributed by atoms with Crippen LogP contribution in [-0.2, 0) is 4.79 Å². The summed E-state index contributed by atoms with van der Waals surface area (Å²) in [4.78, 5) is 49.6. The number of amides is 2. The zero-order chi connectivity index (χ0) is 28.3. The first-order valence-electron chi connectivity index (χ1n) is 11.9. The van der Waals surface area contributed by atoms with Crippen LogP contribution in [0.15, 0.2) is 108 Å². The van der Waals surface area contributed by atoms with Gasteiger partial charge in [-0.3, -0.25) is 9.59 Å². The maximum absolute atomic E-state index is 12.7. The van der Waals surface area contributed by atoms with Crippen LogP contribution >= 0.6 is 11.6 Å². The Labute approximate surface area is 234 Å². The highest BCUT2D eigenvalue weighted by Gasteiger charge is 2.15. The molecule has 4 rings (SSSR count). The fourth-order valence-electron chi connectivity index (χ4n) is 3.36. The summed E-state index contributed by atoms with van der Waals surface area (Å²) in [6, 6.07) is 27.6. The molecule has 0 unspecified atom stereocenters. The van der Waals surface area contributed by atoms with Crippen LogP contribution in [0, 0.1) is 0 Å². The van der Waals surface area contributed by atoms with Crippen molar-refractivity contribution in [2.45, 2.75) is 0 Å². The van der Waals surface area contributed by atoms with Gasteiger partial charge < -0.3 is 14.8 Å². The van der Waals surface area contributed by atoms with Crippen molar-refractivity contribution in [3.63, 3.8) is 0 Å². The van der Waals surface area contributed by atoms with Crippen LogP contribution in [0.4, 0.5) is 0 Å². The zero-order valence-corrected chi connectivity index (χ0v) is 21.6. The molecule has 0 atom stereocenters. The molecule has 0 aliphatic rings. The van der Waals surface area contributed by atoms with E-state index in [1.165, 1.54) is 30.5 Å². The Hall–Kier alpha value is -5.28. The number of halogens is 1. The third kappa shape index (κ3) is 7.62. The van der Waals surface area contributed by atoms with Gasteiger partial charge in [-0.1, -0.05) is 60.1 Å². The summed E-state index contributed by atoms with van der Waals surface area (Å²) >= 11 is 6.00. The van der Waals surface area contributed by atoms with Crippen LogP contribution in [0.5, 0.6) is 11.5 Å². The topological polar surface area (TPSA) is 123 Å². The van der Waals surface area contributed by atoms with Crippen molar-refractivity contribution in [2.75, 3.05) is 6.54 Å². The van der Waals surface area contributed by atoms with Crippen molar-refractivity contribution >= 4 is 41.6 Å². The lowest BCUT2D eigenvalue weighted by Crippen LogP contribution is -2.35. The van der Waals surface area contributed by atoms with Crippen molar-refractivity contribution < 1.29 is 28.7 Å². The Morgan fingerprint density at radius 3 is 2.00 bits per heavy atom. The van der Waals surface area contributed by atoms with Gasteiger partial charge in [-0.2, -0.15) is 5.10 Å². The average molecular weight is 556 g/mol. The van der Waals surface area contributed by atoms with E-state index < -0.39 is 23.8 Å². The summed E-state index contributed by atoms with van der Waals surface area (Å²) in [7, 11) is 0. The van der Waals surface area contributed by atoms with E-state index in [4.69, 9.17) is 21.1 Å². The van der Waals surface area contributed by atoms with Crippen molar-refractivity contribution in [3.8, 4) is 11.5 Å². The van der Waals surface area contributed by atoms with Crippen LogP contribution < -0.4 is 20.2 Å². The molecule has 0 spiro atoms. The van der Waals surface area contributed by atoms with Gasteiger partial charge in [-0.15, -0.1) is 0 Å². The van der Waals surface area contributed by atoms with Crippen molar-refractivity contribution in [1.82, 2.24) is 10.7 Å². The SMILES string of the molecule is O=C(CNC(=O)c1ccccc1Cl)N/N=C\c1ccc(OC(=O)c2ccccc2)cc1OC(=O)c1ccccc1. The Kier molecular flexibility index (Phi) is 9.36. The van der Waals surface area contributed by atoms with Gasteiger partial charge in [0, 0.05) is 11.6 Å². The number of carbonyl (C=O) groups is 4. The molecule has 200 valence electrons. The molecule has 9 nitrogen and oxygen atoms in total. The summed E-state index contributed by atoms with van der Waals surface area (Å²) in [5.74, 6) is -2.18. The molecule has 0 radical (unpaired) electrons. The quantitative estimate of drug-likeness (QED) is 0.134. The summed E-state index contributed by atoms with van der Waals surface area (Å²) < 4.78 is 11.0. The Bertz CT molecular complexity index is 1560. The van der Waals surface area contributed by atoms with Gasteiger partial charge in [0.05, 0.1) is 34.5 Å². The third-order valence-electron chi connectivity index (χ3n) is 5.34. The molecule has 40 heavy (non-hydrogen) atoms. The van der Waals surface area contributed by atoms with Gasteiger partial charge in [0.1, 0.15) is 11.5 Å². The smallest absolute Gasteiger partial charge is 0.343 e. The number of benzene rings is 4. The summed E-state index contributed by atoms with van der Waals surface area (Å²) in [5, 5.41) is 6.60. The van der Waals surface area contributed by atoms with Gasteiger partial charge in [0.2, 0.25) is 0 Å². The van der Waals surface area contributed by atoms with E-state index >= 15 is 0 Å². The van der Waals surface area contributed by atoms with Gasteiger partial charge in [-0.05, 0) is 48.5 Å². The first kappa shape index (κ1) is 27.7. The minimum Gasteiger partial charge on any atom is -0.423 e. The predicted octanol–water partition coefficient (Wildman–Crippen LogP) is 4.66. The molecule has 4 aromatic carbocycles. The number of nitrogens with one attached hydrogen (secondary N) is 2. The van der Waals surface area contributed by atoms with Gasteiger partial charge >= 0.3 is 11.9 Å². The van der Waals surface area contributed by atoms with Gasteiger partial charge in [0.15, 0.2) is 0 Å². The highest BCUT2D eigenvalue weighted by atomic mass is 35.5. The second-order valence-electron chi connectivity index (χ2n) is 8.17. The number of carbonyl (C=O) groups excluding carboxylic acids is 4.